The summed E-state index contributed by atoms with van der Waals surface area (Å²) in [5.74, 6) is 0.684. The Morgan fingerprint density at radius 1 is 1.10 bits per heavy atom. The van der Waals surface area contributed by atoms with Gasteiger partial charge in [0.25, 0.3) is 5.91 Å². The number of fused-ring (bicyclic) bond motifs is 1. The SMILES string of the molecule is COc1cc(C(=O)NC(C(=O)N2CCc3sccc3C2)C(C)C)cc(OC)c1OC. The summed E-state index contributed by atoms with van der Waals surface area (Å²) in [5, 5.41) is 4.97. The second-order valence-electron chi connectivity index (χ2n) is 7.49. The van der Waals surface area contributed by atoms with E-state index in [0.29, 0.717) is 35.9 Å². The van der Waals surface area contributed by atoms with Crippen molar-refractivity contribution >= 4 is 23.2 Å². The van der Waals surface area contributed by atoms with Gasteiger partial charge in [-0.25, -0.2) is 0 Å². The maximum Gasteiger partial charge on any atom is 0.252 e. The van der Waals surface area contributed by atoms with Gasteiger partial charge in [0.2, 0.25) is 11.7 Å². The van der Waals surface area contributed by atoms with Crippen LogP contribution in [0.5, 0.6) is 17.2 Å². The molecular weight excluding hydrogens is 404 g/mol. The van der Waals surface area contributed by atoms with Crippen molar-refractivity contribution in [3.8, 4) is 17.2 Å². The first-order chi connectivity index (χ1) is 14.4. The average Bonchev–Trinajstić information content (AvgIpc) is 3.23. The third-order valence-corrected chi connectivity index (χ3v) is 6.29. The van der Waals surface area contributed by atoms with Gasteiger partial charge in [0.05, 0.1) is 21.3 Å². The van der Waals surface area contributed by atoms with Crippen LogP contribution in [-0.4, -0.2) is 50.6 Å². The van der Waals surface area contributed by atoms with Crippen molar-refractivity contribution in [3.63, 3.8) is 0 Å². The number of benzene rings is 1. The summed E-state index contributed by atoms with van der Waals surface area (Å²) in [7, 11) is 4.49. The Bertz CT molecular complexity index is 899. The number of amides is 2. The summed E-state index contributed by atoms with van der Waals surface area (Å²) in [6, 6.07) is 4.60. The van der Waals surface area contributed by atoms with Crippen molar-refractivity contribution < 1.29 is 23.8 Å². The topological polar surface area (TPSA) is 77.1 Å². The van der Waals surface area contributed by atoms with Crippen LogP contribution in [-0.2, 0) is 17.8 Å². The summed E-state index contributed by atoms with van der Waals surface area (Å²) in [6.07, 6.45) is 0.852. The summed E-state index contributed by atoms with van der Waals surface area (Å²) < 4.78 is 16.0. The zero-order valence-corrected chi connectivity index (χ0v) is 18.8. The molecule has 1 unspecified atom stereocenters. The van der Waals surface area contributed by atoms with Crippen molar-refractivity contribution in [1.82, 2.24) is 10.2 Å². The molecule has 2 aromatic rings. The molecule has 1 aliphatic rings. The van der Waals surface area contributed by atoms with Crippen LogP contribution in [0.1, 0.15) is 34.6 Å². The number of nitrogens with zero attached hydrogens (tertiary/aromatic N) is 1. The van der Waals surface area contributed by atoms with Gasteiger partial charge in [-0.3, -0.25) is 9.59 Å². The van der Waals surface area contributed by atoms with Gasteiger partial charge in [0.1, 0.15) is 6.04 Å². The first-order valence-corrected chi connectivity index (χ1v) is 10.7. The van der Waals surface area contributed by atoms with E-state index in [1.54, 1.807) is 23.5 Å². The molecule has 30 heavy (non-hydrogen) atoms. The lowest BCUT2D eigenvalue weighted by molar-refractivity contribution is -0.135. The van der Waals surface area contributed by atoms with Crippen LogP contribution < -0.4 is 19.5 Å². The molecule has 1 aromatic heterocycles. The van der Waals surface area contributed by atoms with Crippen molar-refractivity contribution in [2.45, 2.75) is 32.9 Å². The fraction of sp³-hybridized carbons (Fsp3) is 0.455. The zero-order valence-electron chi connectivity index (χ0n) is 18.0. The molecule has 1 aliphatic heterocycles. The Labute approximate surface area is 180 Å². The predicted octanol–water partition coefficient (Wildman–Crippen LogP) is 3.11. The molecule has 1 N–H and O–H groups in total. The number of hydrogen-bond donors (Lipinski definition) is 1. The number of carbonyl (C=O) groups is 2. The molecule has 2 amide bonds. The predicted molar refractivity (Wildman–Crippen MR) is 116 cm³/mol. The van der Waals surface area contributed by atoms with Crippen molar-refractivity contribution in [1.29, 1.82) is 0 Å². The maximum atomic E-state index is 13.2. The minimum absolute atomic E-state index is 0.0626. The Kier molecular flexibility index (Phi) is 6.87. The van der Waals surface area contributed by atoms with Crippen LogP contribution in [0, 0.1) is 5.92 Å². The third-order valence-electron chi connectivity index (χ3n) is 5.27. The highest BCUT2D eigenvalue weighted by atomic mass is 32.1. The normalized spacial score (nSPS) is 14.1. The molecule has 7 nitrogen and oxygen atoms in total. The molecule has 1 aromatic carbocycles. The Morgan fingerprint density at radius 2 is 1.77 bits per heavy atom. The highest BCUT2D eigenvalue weighted by Crippen LogP contribution is 2.38. The lowest BCUT2D eigenvalue weighted by atomic mass is 10.00. The number of hydrogen-bond acceptors (Lipinski definition) is 6. The Balaban J connectivity index is 1.80. The lowest BCUT2D eigenvalue weighted by Gasteiger charge is -2.32. The summed E-state index contributed by atoms with van der Waals surface area (Å²) in [4.78, 5) is 29.4. The van der Waals surface area contributed by atoms with Crippen LogP contribution in [0.15, 0.2) is 23.6 Å². The Morgan fingerprint density at radius 3 is 2.33 bits per heavy atom. The number of ether oxygens (including phenoxy) is 3. The maximum absolute atomic E-state index is 13.2. The van der Waals surface area contributed by atoms with Gasteiger partial charge in [0, 0.05) is 23.5 Å². The van der Waals surface area contributed by atoms with E-state index in [4.69, 9.17) is 14.2 Å². The lowest BCUT2D eigenvalue weighted by Crippen LogP contribution is -2.52. The minimum atomic E-state index is -0.628. The van der Waals surface area contributed by atoms with Gasteiger partial charge in [0.15, 0.2) is 11.5 Å². The molecule has 3 rings (SSSR count). The standard InChI is InChI=1S/C22H28N2O5S/c1-13(2)19(22(26)24-8-6-18-14(12-24)7-9-30-18)23-21(25)15-10-16(27-3)20(29-5)17(11-15)28-4/h7,9-11,13,19H,6,8,12H2,1-5H3,(H,23,25). The largest absolute Gasteiger partial charge is 0.493 e. The molecule has 8 heteroatoms. The van der Waals surface area contributed by atoms with Crippen LogP contribution >= 0.6 is 11.3 Å². The smallest absolute Gasteiger partial charge is 0.252 e. The van der Waals surface area contributed by atoms with Crippen molar-refractivity contribution in [3.05, 3.63) is 39.6 Å². The number of carbonyl (C=O) groups excluding carboxylic acids is 2. The van der Waals surface area contributed by atoms with Crippen LogP contribution in [0.25, 0.3) is 0 Å². The van der Waals surface area contributed by atoms with E-state index in [0.717, 1.165) is 6.42 Å². The van der Waals surface area contributed by atoms with Gasteiger partial charge in [-0.05, 0) is 41.5 Å². The van der Waals surface area contributed by atoms with Gasteiger partial charge in [-0.15, -0.1) is 11.3 Å². The third kappa shape index (κ3) is 4.38. The zero-order chi connectivity index (χ0) is 21.8. The number of methoxy groups -OCH3 is 3. The molecule has 2 heterocycles. The molecule has 0 fully saturated rings. The molecule has 0 spiro atoms. The van der Waals surface area contributed by atoms with E-state index in [1.165, 1.54) is 31.8 Å². The Hall–Kier alpha value is -2.74. The molecule has 1 atom stereocenters. The number of nitrogens with one attached hydrogen (secondary N) is 1. The highest BCUT2D eigenvalue weighted by Gasteiger charge is 2.31. The van der Waals surface area contributed by atoms with E-state index in [2.05, 4.69) is 16.8 Å². The number of rotatable bonds is 7. The van der Waals surface area contributed by atoms with E-state index in [9.17, 15) is 9.59 Å². The van der Waals surface area contributed by atoms with E-state index in [1.807, 2.05) is 18.7 Å². The molecule has 162 valence electrons. The van der Waals surface area contributed by atoms with Crippen LogP contribution in [0.3, 0.4) is 0 Å². The van der Waals surface area contributed by atoms with E-state index in [-0.39, 0.29) is 17.7 Å². The van der Waals surface area contributed by atoms with Crippen LogP contribution in [0.4, 0.5) is 0 Å². The van der Waals surface area contributed by atoms with Gasteiger partial charge >= 0.3 is 0 Å². The number of thiophene rings is 1. The van der Waals surface area contributed by atoms with E-state index >= 15 is 0 Å². The minimum Gasteiger partial charge on any atom is -0.493 e. The van der Waals surface area contributed by atoms with Gasteiger partial charge < -0.3 is 24.4 Å². The highest BCUT2D eigenvalue weighted by molar-refractivity contribution is 7.10. The monoisotopic (exact) mass is 432 g/mol. The summed E-state index contributed by atoms with van der Waals surface area (Å²) in [6.45, 7) is 5.10. The first-order valence-electron chi connectivity index (χ1n) is 9.84. The second kappa shape index (κ2) is 9.38. The van der Waals surface area contributed by atoms with Gasteiger partial charge in [-0.2, -0.15) is 0 Å². The summed E-state index contributed by atoms with van der Waals surface area (Å²) >= 11 is 1.73. The fourth-order valence-electron chi connectivity index (χ4n) is 3.58. The second-order valence-corrected chi connectivity index (χ2v) is 8.49. The molecule has 0 radical (unpaired) electrons. The summed E-state index contributed by atoms with van der Waals surface area (Å²) in [5.41, 5.74) is 1.53. The molecule has 0 saturated heterocycles. The molecule has 0 aliphatic carbocycles. The van der Waals surface area contributed by atoms with Crippen LogP contribution in [0.2, 0.25) is 0 Å². The van der Waals surface area contributed by atoms with Crippen molar-refractivity contribution in [2.24, 2.45) is 5.92 Å². The first kappa shape index (κ1) is 22.0. The molecule has 0 bridgehead atoms. The average molecular weight is 433 g/mol. The van der Waals surface area contributed by atoms with Crippen molar-refractivity contribution in [2.75, 3.05) is 27.9 Å². The molecule has 0 saturated carbocycles. The molecular formula is C22H28N2O5S. The van der Waals surface area contributed by atoms with E-state index < -0.39 is 6.04 Å². The van der Waals surface area contributed by atoms with Gasteiger partial charge in [-0.1, -0.05) is 13.8 Å². The quantitative estimate of drug-likeness (QED) is 0.728. The fourth-order valence-corrected chi connectivity index (χ4v) is 4.47.